The predicted octanol–water partition coefficient (Wildman–Crippen LogP) is 1.67. The molecule has 1 aromatic heterocycles. The Kier molecular flexibility index (Phi) is 4.83. The molecule has 0 atom stereocenters. The molecular formula is C13H18N2O3. The van der Waals surface area contributed by atoms with Crippen LogP contribution in [0.25, 0.3) is 0 Å². The number of esters is 1. The summed E-state index contributed by atoms with van der Waals surface area (Å²) in [5.41, 5.74) is 1.21. The van der Waals surface area contributed by atoms with Crippen molar-refractivity contribution >= 4 is 17.4 Å². The smallest absolute Gasteiger partial charge is 0.325 e. The van der Waals surface area contributed by atoms with Gasteiger partial charge in [-0.15, -0.1) is 0 Å². The molecule has 0 aliphatic rings. The molecule has 0 bridgehead atoms. The van der Waals surface area contributed by atoms with Crippen molar-refractivity contribution in [1.29, 1.82) is 0 Å². The van der Waals surface area contributed by atoms with Gasteiger partial charge in [-0.3, -0.25) is 14.6 Å². The number of rotatable bonds is 5. The molecule has 0 saturated carbocycles. The van der Waals surface area contributed by atoms with Gasteiger partial charge in [-0.2, -0.15) is 0 Å². The third kappa shape index (κ3) is 3.55. The van der Waals surface area contributed by atoms with Crippen molar-refractivity contribution in [2.75, 3.05) is 18.6 Å². The van der Waals surface area contributed by atoms with Gasteiger partial charge in [0.25, 0.3) is 0 Å². The molecule has 18 heavy (non-hydrogen) atoms. The van der Waals surface area contributed by atoms with Crippen LogP contribution in [0, 0.1) is 0 Å². The van der Waals surface area contributed by atoms with Crippen LogP contribution in [-0.4, -0.2) is 36.4 Å². The topological polar surface area (TPSA) is 59.5 Å². The van der Waals surface area contributed by atoms with Crippen molar-refractivity contribution in [3.8, 4) is 0 Å². The fourth-order valence-corrected chi connectivity index (χ4v) is 1.54. The van der Waals surface area contributed by atoms with Crippen LogP contribution in [0.15, 0.2) is 18.3 Å². The summed E-state index contributed by atoms with van der Waals surface area (Å²) < 4.78 is 4.66. The van der Waals surface area contributed by atoms with Crippen LogP contribution < -0.4 is 4.90 Å². The highest BCUT2D eigenvalue weighted by atomic mass is 16.5. The number of ether oxygens (including phenoxy) is 1. The molecule has 5 heteroatoms. The zero-order chi connectivity index (χ0) is 13.7. The maximum atomic E-state index is 11.3. The number of Topliss-reactive ketones (excluding diaryl/α,β-unsaturated/α-hetero) is 1. The minimum atomic E-state index is -0.306. The molecule has 0 radical (unpaired) electrons. The van der Waals surface area contributed by atoms with Crippen LogP contribution in [0.3, 0.4) is 0 Å². The van der Waals surface area contributed by atoms with Gasteiger partial charge in [-0.05, 0) is 26.0 Å². The number of aromatic nitrogens is 1. The van der Waals surface area contributed by atoms with E-state index in [0.29, 0.717) is 5.69 Å². The van der Waals surface area contributed by atoms with Gasteiger partial charge < -0.3 is 9.64 Å². The third-order valence-corrected chi connectivity index (χ3v) is 2.59. The first-order chi connectivity index (χ1) is 8.45. The van der Waals surface area contributed by atoms with Gasteiger partial charge in [0.15, 0.2) is 5.78 Å². The van der Waals surface area contributed by atoms with Gasteiger partial charge in [0.05, 0.1) is 19.0 Å². The molecule has 0 aliphatic carbocycles. The SMILES string of the molecule is COC(=O)CN(c1ccc(C(C)=O)nc1)C(C)C. The van der Waals surface area contributed by atoms with Gasteiger partial charge in [0.2, 0.25) is 0 Å². The Balaban J connectivity index is 2.92. The minimum absolute atomic E-state index is 0.0781. The third-order valence-electron chi connectivity index (χ3n) is 2.59. The molecule has 1 heterocycles. The number of hydrogen-bond acceptors (Lipinski definition) is 5. The van der Waals surface area contributed by atoms with Crippen LogP contribution in [0.2, 0.25) is 0 Å². The monoisotopic (exact) mass is 250 g/mol. The van der Waals surface area contributed by atoms with Crippen molar-refractivity contribution in [2.24, 2.45) is 0 Å². The number of hydrogen-bond donors (Lipinski definition) is 0. The highest BCUT2D eigenvalue weighted by molar-refractivity contribution is 5.92. The molecule has 1 rings (SSSR count). The number of anilines is 1. The lowest BCUT2D eigenvalue weighted by Crippen LogP contribution is -2.36. The fourth-order valence-electron chi connectivity index (χ4n) is 1.54. The van der Waals surface area contributed by atoms with E-state index in [1.807, 2.05) is 18.7 Å². The van der Waals surface area contributed by atoms with Gasteiger partial charge >= 0.3 is 5.97 Å². The summed E-state index contributed by atoms with van der Waals surface area (Å²) in [5, 5.41) is 0. The number of nitrogens with zero attached hydrogens (tertiary/aromatic N) is 2. The Morgan fingerprint density at radius 1 is 1.39 bits per heavy atom. The summed E-state index contributed by atoms with van der Waals surface area (Å²) in [6.07, 6.45) is 1.60. The predicted molar refractivity (Wildman–Crippen MR) is 68.7 cm³/mol. The molecule has 0 spiro atoms. The van der Waals surface area contributed by atoms with Crippen LogP contribution in [0.5, 0.6) is 0 Å². The number of carbonyl (C=O) groups excluding carboxylic acids is 2. The second-order valence-electron chi connectivity index (χ2n) is 4.26. The molecule has 98 valence electrons. The van der Waals surface area contributed by atoms with E-state index in [-0.39, 0.29) is 24.3 Å². The molecule has 0 amide bonds. The largest absolute Gasteiger partial charge is 0.468 e. The molecule has 0 N–H and O–H groups in total. The molecule has 0 saturated heterocycles. The second kappa shape index (κ2) is 6.14. The first-order valence-electron chi connectivity index (χ1n) is 5.76. The lowest BCUT2D eigenvalue weighted by atomic mass is 10.2. The summed E-state index contributed by atoms with van der Waals surface area (Å²) >= 11 is 0. The Bertz CT molecular complexity index is 426. The normalized spacial score (nSPS) is 10.3. The molecule has 1 aromatic rings. The maximum Gasteiger partial charge on any atom is 0.325 e. The number of ketones is 1. The van der Waals surface area contributed by atoms with Gasteiger partial charge in [-0.1, -0.05) is 0 Å². The molecule has 0 aliphatic heterocycles. The van der Waals surface area contributed by atoms with Crippen LogP contribution in [-0.2, 0) is 9.53 Å². The van der Waals surface area contributed by atoms with Crippen LogP contribution in [0.1, 0.15) is 31.3 Å². The van der Waals surface area contributed by atoms with Crippen LogP contribution in [0.4, 0.5) is 5.69 Å². The molecule has 5 nitrogen and oxygen atoms in total. The van der Waals surface area contributed by atoms with Crippen molar-refractivity contribution in [3.05, 3.63) is 24.0 Å². The zero-order valence-electron chi connectivity index (χ0n) is 11.1. The summed E-state index contributed by atoms with van der Waals surface area (Å²) in [6.45, 7) is 5.58. The van der Waals surface area contributed by atoms with Gasteiger partial charge in [-0.25, -0.2) is 0 Å². The summed E-state index contributed by atoms with van der Waals surface area (Å²) in [7, 11) is 1.36. The van der Waals surface area contributed by atoms with Crippen molar-refractivity contribution in [1.82, 2.24) is 4.98 Å². The first-order valence-corrected chi connectivity index (χ1v) is 5.76. The standard InChI is InChI=1S/C13H18N2O3/c1-9(2)15(8-13(17)18-4)11-5-6-12(10(3)16)14-7-11/h5-7,9H,8H2,1-4H3. The Morgan fingerprint density at radius 3 is 2.44 bits per heavy atom. The van der Waals surface area contributed by atoms with E-state index in [4.69, 9.17) is 0 Å². The average molecular weight is 250 g/mol. The summed E-state index contributed by atoms with van der Waals surface area (Å²) in [4.78, 5) is 28.4. The van der Waals surface area contributed by atoms with E-state index in [1.54, 1.807) is 18.3 Å². The Hall–Kier alpha value is -1.91. The molecular weight excluding hydrogens is 232 g/mol. The Labute approximate surface area is 107 Å². The minimum Gasteiger partial charge on any atom is -0.468 e. The number of methoxy groups -OCH3 is 1. The summed E-state index contributed by atoms with van der Waals surface area (Å²) in [5.74, 6) is -0.384. The van der Waals surface area contributed by atoms with Crippen molar-refractivity contribution in [3.63, 3.8) is 0 Å². The van der Waals surface area contributed by atoms with E-state index in [0.717, 1.165) is 5.69 Å². The van der Waals surface area contributed by atoms with Gasteiger partial charge in [0, 0.05) is 13.0 Å². The number of carbonyl (C=O) groups is 2. The van der Waals surface area contributed by atoms with Crippen molar-refractivity contribution < 1.29 is 14.3 Å². The lowest BCUT2D eigenvalue weighted by Gasteiger charge is -2.27. The summed E-state index contributed by atoms with van der Waals surface area (Å²) in [6, 6.07) is 3.57. The van der Waals surface area contributed by atoms with Gasteiger partial charge in [0.1, 0.15) is 12.2 Å². The van der Waals surface area contributed by atoms with E-state index in [1.165, 1.54) is 14.0 Å². The molecule has 0 unspecified atom stereocenters. The second-order valence-corrected chi connectivity index (χ2v) is 4.26. The van der Waals surface area contributed by atoms with E-state index in [9.17, 15) is 9.59 Å². The van der Waals surface area contributed by atoms with E-state index >= 15 is 0 Å². The molecule has 0 aromatic carbocycles. The highest BCUT2D eigenvalue weighted by Crippen LogP contribution is 2.16. The lowest BCUT2D eigenvalue weighted by molar-refractivity contribution is -0.139. The number of pyridine rings is 1. The molecule has 0 fully saturated rings. The first kappa shape index (κ1) is 14.2. The average Bonchev–Trinajstić information content (AvgIpc) is 2.35. The van der Waals surface area contributed by atoms with Crippen LogP contribution >= 0.6 is 0 Å². The Morgan fingerprint density at radius 2 is 2.06 bits per heavy atom. The fraction of sp³-hybridized carbons (Fsp3) is 0.462. The van der Waals surface area contributed by atoms with Crippen molar-refractivity contribution in [2.45, 2.75) is 26.8 Å². The maximum absolute atomic E-state index is 11.3. The van der Waals surface area contributed by atoms with E-state index < -0.39 is 0 Å². The zero-order valence-corrected chi connectivity index (χ0v) is 11.1. The van der Waals surface area contributed by atoms with E-state index in [2.05, 4.69) is 9.72 Å². The quantitative estimate of drug-likeness (QED) is 0.587. The highest BCUT2D eigenvalue weighted by Gasteiger charge is 2.15.